The van der Waals surface area contributed by atoms with Gasteiger partial charge in [0.15, 0.2) is 0 Å². The maximum atomic E-state index is 9.88. The molecular formula is C21H23ClN4O. The van der Waals surface area contributed by atoms with Crippen LogP contribution in [0, 0.1) is 0 Å². The number of phenols is 1. The molecule has 1 aliphatic rings. The summed E-state index contributed by atoms with van der Waals surface area (Å²) >= 11 is 6.19. The first-order chi connectivity index (χ1) is 13.1. The van der Waals surface area contributed by atoms with Crippen LogP contribution in [-0.2, 0) is 13.0 Å². The van der Waals surface area contributed by atoms with Crippen LogP contribution in [-0.4, -0.2) is 29.7 Å². The topological polar surface area (TPSA) is 74.4 Å². The summed E-state index contributed by atoms with van der Waals surface area (Å²) in [5, 5.41) is 15.0. The second-order valence-electron chi connectivity index (χ2n) is 6.88. The quantitative estimate of drug-likeness (QED) is 0.637. The Bertz CT molecular complexity index is 976. The average Bonchev–Trinajstić information content (AvgIpc) is 2.88. The Labute approximate surface area is 163 Å². The molecule has 0 radical (unpaired) electrons. The van der Waals surface area contributed by atoms with Crippen LogP contribution in [0.2, 0.25) is 5.02 Å². The standard InChI is InChI=1S/C21H23ClN4O/c22-16-4-6-19-18(11-16)20(24-8-7-23)12-21(25-19)26-9-1-2-14-3-5-17(27)10-15(14)13-26/h3-6,10-12,27H,1-2,7-9,13,23H2,(H,24,25). The molecule has 0 unspecified atom stereocenters. The molecule has 0 atom stereocenters. The van der Waals surface area contributed by atoms with Gasteiger partial charge in [-0.15, -0.1) is 0 Å². The van der Waals surface area contributed by atoms with Crippen molar-refractivity contribution < 1.29 is 5.11 Å². The van der Waals surface area contributed by atoms with Crippen LogP contribution in [0.1, 0.15) is 17.5 Å². The van der Waals surface area contributed by atoms with E-state index in [0.717, 1.165) is 53.9 Å². The molecule has 2 aromatic carbocycles. The highest BCUT2D eigenvalue weighted by Crippen LogP contribution is 2.32. The van der Waals surface area contributed by atoms with Crippen LogP contribution in [0.25, 0.3) is 10.9 Å². The second kappa shape index (κ2) is 7.62. The van der Waals surface area contributed by atoms with Crippen LogP contribution in [0.5, 0.6) is 5.75 Å². The number of phenolic OH excluding ortho intramolecular Hbond substituents is 1. The minimum atomic E-state index is 0.307. The molecule has 0 saturated carbocycles. The SMILES string of the molecule is NCCNc1cc(N2CCCc3ccc(O)cc3C2)nc2ccc(Cl)cc12. The van der Waals surface area contributed by atoms with Crippen molar-refractivity contribution in [2.24, 2.45) is 5.73 Å². The second-order valence-corrected chi connectivity index (χ2v) is 7.32. The van der Waals surface area contributed by atoms with E-state index in [1.165, 1.54) is 5.56 Å². The molecule has 4 rings (SSSR count). The van der Waals surface area contributed by atoms with Crippen molar-refractivity contribution in [1.29, 1.82) is 0 Å². The van der Waals surface area contributed by atoms with Crippen molar-refractivity contribution in [3.63, 3.8) is 0 Å². The van der Waals surface area contributed by atoms with E-state index in [0.29, 0.717) is 23.9 Å². The highest BCUT2D eigenvalue weighted by molar-refractivity contribution is 6.31. The minimum absolute atomic E-state index is 0.307. The lowest BCUT2D eigenvalue weighted by Gasteiger charge is -2.24. The summed E-state index contributed by atoms with van der Waals surface area (Å²) in [7, 11) is 0. The predicted molar refractivity (Wildman–Crippen MR) is 112 cm³/mol. The molecule has 2 heterocycles. The maximum absolute atomic E-state index is 9.88. The first kappa shape index (κ1) is 17.9. The van der Waals surface area contributed by atoms with Crippen molar-refractivity contribution in [1.82, 2.24) is 4.98 Å². The summed E-state index contributed by atoms with van der Waals surface area (Å²) in [6.45, 7) is 2.88. The molecule has 4 N–H and O–H groups in total. The average molecular weight is 383 g/mol. The number of aromatic nitrogens is 1. The van der Waals surface area contributed by atoms with Crippen LogP contribution < -0.4 is 16.0 Å². The van der Waals surface area contributed by atoms with Gasteiger partial charge >= 0.3 is 0 Å². The van der Waals surface area contributed by atoms with E-state index in [2.05, 4.69) is 16.3 Å². The van der Waals surface area contributed by atoms with Crippen molar-refractivity contribution in [2.45, 2.75) is 19.4 Å². The number of hydrogen-bond acceptors (Lipinski definition) is 5. The molecule has 5 nitrogen and oxygen atoms in total. The van der Waals surface area contributed by atoms with E-state index in [9.17, 15) is 5.11 Å². The zero-order valence-electron chi connectivity index (χ0n) is 15.1. The van der Waals surface area contributed by atoms with Gasteiger partial charge in [0.05, 0.1) is 5.52 Å². The third kappa shape index (κ3) is 3.80. The summed E-state index contributed by atoms with van der Waals surface area (Å²) in [4.78, 5) is 7.15. The Morgan fingerprint density at radius 2 is 2.04 bits per heavy atom. The zero-order chi connectivity index (χ0) is 18.8. The lowest BCUT2D eigenvalue weighted by atomic mass is 10.0. The third-order valence-corrected chi connectivity index (χ3v) is 5.20. The highest BCUT2D eigenvalue weighted by atomic mass is 35.5. The van der Waals surface area contributed by atoms with Crippen LogP contribution >= 0.6 is 11.6 Å². The molecule has 1 aliphatic heterocycles. The molecule has 0 fully saturated rings. The monoisotopic (exact) mass is 382 g/mol. The molecule has 0 saturated heterocycles. The van der Waals surface area contributed by atoms with Gasteiger partial charge in [-0.2, -0.15) is 0 Å². The number of nitrogens with zero attached hydrogens (tertiary/aromatic N) is 2. The normalized spacial score (nSPS) is 14.1. The third-order valence-electron chi connectivity index (χ3n) is 4.97. The predicted octanol–water partition coefficient (Wildman–Crippen LogP) is 3.92. The van der Waals surface area contributed by atoms with E-state index in [1.54, 1.807) is 6.07 Å². The van der Waals surface area contributed by atoms with Gasteiger partial charge in [-0.05, 0) is 54.3 Å². The molecule has 140 valence electrons. The molecule has 0 bridgehead atoms. The molecular weight excluding hydrogens is 360 g/mol. The number of nitrogens with one attached hydrogen (secondary N) is 1. The summed E-state index contributed by atoms with van der Waals surface area (Å²) in [6, 6.07) is 13.5. The molecule has 1 aromatic heterocycles. The number of benzene rings is 2. The highest BCUT2D eigenvalue weighted by Gasteiger charge is 2.18. The summed E-state index contributed by atoms with van der Waals surface area (Å²) in [5.74, 6) is 1.22. The first-order valence-corrected chi connectivity index (χ1v) is 9.62. The fourth-order valence-electron chi connectivity index (χ4n) is 3.64. The molecule has 0 amide bonds. The number of hydrogen-bond donors (Lipinski definition) is 3. The number of nitrogens with two attached hydrogens (primary N) is 1. The van der Waals surface area contributed by atoms with Gasteiger partial charge in [-0.3, -0.25) is 0 Å². The number of fused-ring (bicyclic) bond motifs is 2. The van der Waals surface area contributed by atoms with E-state index in [-0.39, 0.29) is 0 Å². The fraction of sp³-hybridized carbons (Fsp3) is 0.286. The Kier molecular flexibility index (Phi) is 5.05. The van der Waals surface area contributed by atoms with E-state index < -0.39 is 0 Å². The largest absolute Gasteiger partial charge is 0.508 e. The maximum Gasteiger partial charge on any atom is 0.131 e. The van der Waals surface area contributed by atoms with Gasteiger partial charge < -0.3 is 21.1 Å². The van der Waals surface area contributed by atoms with Crippen molar-refractivity contribution in [3.05, 3.63) is 58.6 Å². The number of aryl methyl sites for hydroxylation is 1. The lowest BCUT2D eigenvalue weighted by molar-refractivity contribution is 0.474. The smallest absolute Gasteiger partial charge is 0.131 e. The lowest BCUT2D eigenvalue weighted by Crippen LogP contribution is -2.24. The molecule has 6 heteroatoms. The van der Waals surface area contributed by atoms with Crippen molar-refractivity contribution >= 4 is 34.0 Å². The summed E-state index contributed by atoms with van der Waals surface area (Å²) < 4.78 is 0. The van der Waals surface area contributed by atoms with Gasteiger partial charge in [0.2, 0.25) is 0 Å². The van der Waals surface area contributed by atoms with Gasteiger partial charge in [0, 0.05) is 48.3 Å². The van der Waals surface area contributed by atoms with Gasteiger partial charge in [0.25, 0.3) is 0 Å². The summed E-state index contributed by atoms with van der Waals surface area (Å²) in [6.07, 6.45) is 2.05. The van der Waals surface area contributed by atoms with Crippen LogP contribution in [0.15, 0.2) is 42.5 Å². The number of rotatable bonds is 4. The van der Waals surface area contributed by atoms with Crippen LogP contribution in [0.4, 0.5) is 11.5 Å². The zero-order valence-corrected chi connectivity index (χ0v) is 15.8. The Morgan fingerprint density at radius 1 is 1.15 bits per heavy atom. The molecule has 3 aromatic rings. The first-order valence-electron chi connectivity index (χ1n) is 9.24. The number of anilines is 2. The minimum Gasteiger partial charge on any atom is -0.508 e. The van der Waals surface area contributed by atoms with E-state index in [1.807, 2.05) is 30.3 Å². The van der Waals surface area contributed by atoms with Gasteiger partial charge in [-0.25, -0.2) is 4.98 Å². The molecule has 0 spiro atoms. The number of aromatic hydroxyl groups is 1. The molecule has 27 heavy (non-hydrogen) atoms. The van der Waals surface area contributed by atoms with E-state index >= 15 is 0 Å². The summed E-state index contributed by atoms with van der Waals surface area (Å²) in [5.41, 5.74) is 10.0. The van der Waals surface area contributed by atoms with Crippen LogP contribution in [0.3, 0.4) is 0 Å². The van der Waals surface area contributed by atoms with Gasteiger partial charge in [0.1, 0.15) is 11.6 Å². The fourth-order valence-corrected chi connectivity index (χ4v) is 3.82. The van der Waals surface area contributed by atoms with Crippen molar-refractivity contribution in [2.75, 3.05) is 29.9 Å². The Hall–Kier alpha value is -2.50. The van der Waals surface area contributed by atoms with Crippen molar-refractivity contribution in [3.8, 4) is 5.75 Å². The number of pyridine rings is 1. The van der Waals surface area contributed by atoms with E-state index in [4.69, 9.17) is 22.3 Å². The Balaban J connectivity index is 1.75. The number of halogens is 1. The Morgan fingerprint density at radius 3 is 2.89 bits per heavy atom. The van der Waals surface area contributed by atoms with Gasteiger partial charge in [-0.1, -0.05) is 17.7 Å². The molecule has 0 aliphatic carbocycles.